The van der Waals surface area contributed by atoms with Gasteiger partial charge < -0.3 is 10.5 Å². The lowest BCUT2D eigenvalue weighted by atomic mass is 9.94. The van der Waals surface area contributed by atoms with E-state index >= 15 is 0 Å². The minimum atomic E-state index is -0.699. The van der Waals surface area contributed by atoms with Crippen molar-refractivity contribution in [3.63, 3.8) is 0 Å². The Labute approximate surface area is 110 Å². The molecule has 98 valence electrons. The van der Waals surface area contributed by atoms with Crippen molar-refractivity contribution in [2.75, 3.05) is 6.61 Å². The molecule has 0 amide bonds. The van der Waals surface area contributed by atoms with Crippen molar-refractivity contribution in [3.8, 4) is 11.8 Å². The molecule has 0 spiro atoms. The second-order valence-electron chi connectivity index (χ2n) is 4.57. The lowest BCUT2D eigenvalue weighted by Gasteiger charge is -2.18. The number of hydrogen-bond acceptors (Lipinski definition) is 3. The van der Waals surface area contributed by atoms with E-state index in [0.29, 0.717) is 19.4 Å². The zero-order chi connectivity index (χ0) is 13.4. The highest BCUT2D eigenvalue weighted by atomic mass is 16.5. The van der Waals surface area contributed by atoms with Gasteiger partial charge in [-0.2, -0.15) is 5.26 Å². The molecule has 0 aliphatic carbocycles. The van der Waals surface area contributed by atoms with Crippen molar-refractivity contribution in [1.82, 2.24) is 0 Å². The van der Waals surface area contributed by atoms with Gasteiger partial charge in [-0.1, -0.05) is 26.0 Å². The van der Waals surface area contributed by atoms with Gasteiger partial charge in [0.2, 0.25) is 0 Å². The first-order chi connectivity index (χ1) is 8.63. The number of ether oxygens (including phenoxy) is 1. The number of nitrogens with zero attached hydrogens (tertiary/aromatic N) is 1. The third-order valence-electron chi connectivity index (χ3n) is 3.22. The van der Waals surface area contributed by atoms with E-state index in [1.54, 1.807) is 0 Å². The van der Waals surface area contributed by atoms with Crippen LogP contribution in [-0.2, 0) is 6.42 Å². The van der Waals surface area contributed by atoms with Gasteiger partial charge in [0, 0.05) is 0 Å². The van der Waals surface area contributed by atoms with E-state index in [4.69, 9.17) is 15.7 Å². The lowest BCUT2D eigenvalue weighted by molar-refractivity contribution is 0.291. The van der Waals surface area contributed by atoms with Crippen LogP contribution in [0.5, 0.6) is 5.75 Å². The molecule has 0 aliphatic heterocycles. The maximum atomic E-state index is 8.94. The predicted octanol–water partition coefficient (Wildman–Crippen LogP) is 3.04. The molecule has 0 heterocycles. The topological polar surface area (TPSA) is 59.0 Å². The highest BCUT2D eigenvalue weighted by Gasteiger charge is 2.20. The Bertz CT molecular complexity index is 394. The lowest BCUT2D eigenvalue weighted by Crippen LogP contribution is -2.37. The van der Waals surface area contributed by atoms with Crippen LogP contribution in [0, 0.1) is 11.3 Å². The van der Waals surface area contributed by atoms with Gasteiger partial charge in [0.25, 0.3) is 0 Å². The van der Waals surface area contributed by atoms with Crippen molar-refractivity contribution < 1.29 is 4.74 Å². The highest BCUT2D eigenvalue weighted by molar-refractivity contribution is 5.27. The summed E-state index contributed by atoms with van der Waals surface area (Å²) < 4.78 is 5.62. The predicted molar refractivity (Wildman–Crippen MR) is 73.4 cm³/mol. The SMILES string of the molecule is CCc1ccc(OCCCC(N)(C#N)CC)cc1. The molecule has 0 aromatic heterocycles. The van der Waals surface area contributed by atoms with Crippen molar-refractivity contribution in [2.45, 2.75) is 45.1 Å². The molecular formula is C15H22N2O. The molecule has 0 fully saturated rings. The van der Waals surface area contributed by atoms with Crippen LogP contribution >= 0.6 is 0 Å². The van der Waals surface area contributed by atoms with Gasteiger partial charge in [-0.15, -0.1) is 0 Å². The fraction of sp³-hybridized carbons (Fsp3) is 0.533. The minimum absolute atomic E-state index is 0.603. The molecule has 1 atom stereocenters. The molecule has 3 nitrogen and oxygen atoms in total. The molecular weight excluding hydrogens is 224 g/mol. The van der Waals surface area contributed by atoms with E-state index in [0.717, 1.165) is 18.6 Å². The van der Waals surface area contributed by atoms with Gasteiger partial charge in [-0.3, -0.25) is 0 Å². The van der Waals surface area contributed by atoms with Gasteiger partial charge in [0.05, 0.1) is 12.7 Å². The van der Waals surface area contributed by atoms with Crippen molar-refractivity contribution in [3.05, 3.63) is 29.8 Å². The molecule has 0 radical (unpaired) electrons. The molecule has 1 rings (SSSR count). The van der Waals surface area contributed by atoms with Crippen molar-refractivity contribution >= 4 is 0 Å². The van der Waals surface area contributed by atoms with Gasteiger partial charge in [-0.05, 0) is 43.4 Å². The number of aryl methyl sites for hydroxylation is 1. The van der Waals surface area contributed by atoms with E-state index in [9.17, 15) is 0 Å². The summed E-state index contributed by atoms with van der Waals surface area (Å²) >= 11 is 0. The first kappa shape index (κ1) is 14.5. The molecule has 0 saturated carbocycles. The van der Waals surface area contributed by atoms with E-state index in [1.807, 2.05) is 19.1 Å². The molecule has 1 aromatic carbocycles. The standard InChI is InChI=1S/C15H22N2O/c1-3-13-6-8-14(9-7-13)18-11-5-10-15(17,4-2)12-16/h6-9H,3-5,10-11,17H2,1-2H3. The Morgan fingerprint density at radius 3 is 2.44 bits per heavy atom. The molecule has 3 heteroatoms. The van der Waals surface area contributed by atoms with Gasteiger partial charge in [0.1, 0.15) is 11.3 Å². The largest absolute Gasteiger partial charge is 0.494 e. The van der Waals surface area contributed by atoms with E-state index in [1.165, 1.54) is 5.56 Å². The maximum Gasteiger partial charge on any atom is 0.119 e. The number of nitriles is 1. The summed E-state index contributed by atoms with van der Waals surface area (Å²) in [4.78, 5) is 0. The third-order valence-corrected chi connectivity index (χ3v) is 3.22. The summed E-state index contributed by atoms with van der Waals surface area (Å²) in [6.07, 6.45) is 3.18. The fourth-order valence-corrected chi connectivity index (χ4v) is 1.71. The first-order valence-electron chi connectivity index (χ1n) is 6.55. The van der Waals surface area contributed by atoms with Crippen LogP contribution in [0.1, 0.15) is 38.7 Å². The van der Waals surface area contributed by atoms with Crippen LogP contribution in [0.3, 0.4) is 0 Å². The summed E-state index contributed by atoms with van der Waals surface area (Å²) in [5.74, 6) is 0.878. The zero-order valence-corrected chi connectivity index (χ0v) is 11.3. The Hall–Kier alpha value is -1.53. The van der Waals surface area contributed by atoms with Crippen LogP contribution in [0.25, 0.3) is 0 Å². The monoisotopic (exact) mass is 246 g/mol. The van der Waals surface area contributed by atoms with Crippen LogP contribution in [0.4, 0.5) is 0 Å². The Morgan fingerprint density at radius 2 is 1.94 bits per heavy atom. The smallest absolute Gasteiger partial charge is 0.119 e. The normalized spacial score (nSPS) is 13.7. The van der Waals surface area contributed by atoms with Gasteiger partial charge in [0.15, 0.2) is 0 Å². The average molecular weight is 246 g/mol. The van der Waals surface area contributed by atoms with Crippen molar-refractivity contribution in [1.29, 1.82) is 5.26 Å². The quantitative estimate of drug-likeness (QED) is 0.752. The molecule has 2 N–H and O–H groups in total. The summed E-state index contributed by atoms with van der Waals surface area (Å²) in [5, 5.41) is 8.94. The second kappa shape index (κ2) is 7.03. The second-order valence-corrected chi connectivity index (χ2v) is 4.57. The van der Waals surface area contributed by atoms with Crippen LogP contribution < -0.4 is 10.5 Å². The number of hydrogen-bond donors (Lipinski definition) is 1. The van der Waals surface area contributed by atoms with E-state index in [2.05, 4.69) is 25.1 Å². The molecule has 0 saturated heterocycles. The fourth-order valence-electron chi connectivity index (χ4n) is 1.71. The summed E-state index contributed by atoms with van der Waals surface area (Å²) in [6, 6.07) is 10.3. The first-order valence-corrected chi connectivity index (χ1v) is 6.55. The summed E-state index contributed by atoms with van der Waals surface area (Å²) in [5.41, 5.74) is 6.50. The van der Waals surface area contributed by atoms with Crippen LogP contribution in [-0.4, -0.2) is 12.1 Å². The zero-order valence-electron chi connectivity index (χ0n) is 11.3. The Balaban J connectivity index is 2.31. The van der Waals surface area contributed by atoms with Crippen molar-refractivity contribution in [2.24, 2.45) is 5.73 Å². The molecule has 1 unspecified atom stereocenters. The molecule has 0 aliphatic rings. The number of rotatable bonds is 7. The number of nitrogens with two attached hydrogens (primary N) is 1. The Kier molecular flexibility index (Phi) is 5.67. The van der Waals surface area contributed by atoms with E-state index < -0.39 is 5.54 Å². The maximum absolute atomic E-state index is 8.94. The van der Waals surface area contributed by atoms with Gasteiger partial charge in [-0.25, -0.2) is 0 Å². The highest BCUT2D eigenvalue weighted by Crippen LogP contribution is 2.15. The minimum Gasteiger partial charge on any atom is -0.494 e. The van der Waals surface area contributed by atoms with Crippen LogP contribution in [0.2, 0.25) is 0 Å². The average Bonchev–Trinajstić information content (AvgIpc) is 2.44. The van der Waals surface area contributed by atoms with Crippen LogP contribution in [0.15, 0.2) is 24.3 Å². The van der Waals surface area contributed by atoms with Gasteiger partial charge >= 0.3 is 0 Å². The molecule has 1 aromatic rings. The Morgan fingerprint density at radius 1 is 1.28 bits per heavy atom. The summed E-state index contributed by atoms with van der Waals surface area (Å²) in [7, 11) is 0. The molecule has 0 bridgehead atoms. The van der Waals surface area contributed by atoms with E-state index in [-0.39, 0.29) is 0 Å². The third kappa shape index (κ3) is 4.38. The summed E-state index contributed by atoms with van der Waals surface area (Å²) in [6.45, 7) is 4.67. The number of benzene rings is 1. The molecule has 18 heavy (non-hydrogen) atoms.